The lowest BCUT2D eigenvalue weighted by Gasteiger charge is -2.13. The monoisotopic (exact) mass is 551 g/mol. The fourth-order valence-corrected chi connectivity index (χ4v) is 6.09. The van der Waals surface area contributed by atoms with E-state index < -0.39 is 0 Å². The number of nitrogens with one attached hydrogen (secondary N) is 1. The molecule has 1 N–H and O–H groups in total. The molecule has 3 aromatic carbocycles. The molecular weight excluding hydrogens is 533 g/mol. The fraction of sp³-hybridized carbons (Fsp3) is 0.0741. The molecule has 0 aliphatic carbocycles. The van der Waals surface area contributed by atoms with Crippen LogP contribution in [0, 0.1) is 6.92 Å². The number of carbonyl (C=O) groups is 1. The number of amides is 1. The van der Waals surface area contributed by atoms with Gasteiger partial charge in [-0.05, 0) is 42.8 Å². The number of para-hydroxylation sites is 1. The Morgan fingerprint density at radius 2 is 1.69 bits per heavy atom. The maximum absolute atomic E-state index is 14.0. The summed E-state index contributed by atoms with van der Waals surface area (Å²) in [5.74, 6) is -0.194. The molecule has 0 atom stereocenters. The topological polar surface area (TPSA) is 64.0 Å². The van der Waals surface area contributed by atoms with Crippen molar-refractivity contribution in [2.75, 3.05) is 11.1 Å². The lowest BCUT2D eigenvalue weighted by Crippen LogP contribution is -2.22. The second kappa shape index (κ2) is 10.5. The van der Waals surface area contributed by atoms with Crippen molar-refractivity contribution in [3.8, 4) is 16.8 Å². The quantitative estimate of drug-likeness (QED) is 0.175. The minimum atomic E-state index is -0.250. The van der Waals surface area contributed by atoms with Crippen LogP contribution in [0.2, 0.25) is 10.0 Å². The van der Waals surface area contributed by atoms with Crippen molar-refractivity contribution in [1.29, 1.82) is 0 Å². The van der Waals surface area contributed by atoms with Gasteiger partial charge in [-0.15, -0.1) is 11.3 Å². The number of hydrogen-bond donors (Lipinski definition) is 1. The summed E-state index contributed by atoms with van der Waals surface area (Å²) >= 11 is 14.7. The minimum Gasteiger partial charge on any atom is -0.325 e. The molecule has 0 unspecified atom stereocenters. The van der Waals surface area contributed by atoms with Crippen molar-refractivity contribution in [2.45, 2.75) is 12.1 Å². The molecule has 9 heteroatoms. The molecule has 0 bridgehead atoms. The average molecular weight is 553 g/mol. The van der Waals surface area contributed by atoms with Gasteiger partial charge in [-0.25, -0.2) is 4.98 Å². The van der Waals surface area contributed by atoms with Gasteiger partial charge in [0.25, 0.3) is 5.56 Å². The van der Waals surface area contributed by atoms with Gasteiger partial charge in [-0.3, -0.25) is 14.2 Å². The molecule has 0 saturated carbocycles. The van der Waals surface area contributed by atoms with Crippen LogP contribution in [-0.2, 0) is 4.79 Å². The van der Waals surface area contributed by atoms with Crippen LogP contribution in [0.1, 0.15) is 4.88 Å². The molecular formula is C27H19Cl2N3O2S2. The highest BCUT2D eigenvalue weighted by molar-refractivity contribution is 7.99. The SMILES string of the molecule is Cc1sc2nc(SCC(=O)Nc3ccc(Cl)c(Cl)c3)n(-c3ccccc3)c(=O)c2c1-c1ccccc1. The summed E-state index contributed by atoms with van der Waals surface area (Å²) in [7, 11) is 0. The number of rotatable bonds is 6. The molecule has 0 spiro atoms. The van der Waals surface area contributed by atoms with E-state index in [2.05, 4.69) is 5.32 Å². The van der Waals surface area contributed by atoms with E-state index in [1.807, 2.05) is 67.6 Å². The Bertz CT molecular complexity index is 1630. The summed E-state index contributed by atoms with van der Waals surface area (Å²) < 4.78 is 1.58. The van der Waals surface area contributed by atoms with E-state index in [-0.39, 0.29) is 17.2 Å². The molecule has 0 aliphatic rings. The molecule has 2 aromatic heterocycles. The van der Waals surface area contributed by atoms with Gasteiger partial charge in [0.15, 0.2) is 5.16 Å². The van der Waals surface area contributed by atoms with E-state index in [4.69, 9.17) is 28.2 Å². The Hall–Kier alpha value is -3.10. The smallest absolute Gasteiger partial charge is 0.268 e. The lowest BCUT2D eigenvalue weighted by atomic mass is 10.0. The van der Waals surface area contributed by atoms with Gasteiger partial charge in [0, 0.05) is 16.1 Å². The minimum absolute atomic E-state index is 0.0565. The van der Waals surface area contributed by atoms with Crippen LogP contribution in [-0.4, -0.2) is 21.2 Å². The van der Waals surface area contributed by atoms with Crippen LogP contribution in [0.3, 0.4) is 0 Å². The summed E-state index contributed by atoms with van der Waals surface area (Å²) in [6.45, 7) is 2.00. The molecule has 0 fully saturated rings. The highest BCUT2D eigenvalue weighted by atomic mass is 35.5. The van der Waals surface area contributed by atoms with E-state index in [0.717, 1.165) is 16.0 Å². The number of nitrogens with zero attached hydrogens (tertiary/aromatic N) is 2. The van der Waals surface area contributed by atoms with Gasteiger partial charge >= 0.3 is 0 Å². The zero-order valence-electron chi connectivity index (χ0n) is 19.0. The van der Waals surface area contributed by atoms with Crippen molar-refractivity contribution in [1.82, 2.24) is 9.55 Å². The third-order valence-electron chi connectivity index (χ3n) is 5.48. The first kappa shape index (κ1) is 24.6. The molecule has 180 valence electrons. The van der Waals surface area contributed by atoms with Crippen molar-refractivity contribution >= 4 is 68.1 Å². The molecule has 0 radical (unpaired) electrons. The number of carbonyl (C=O) groups excluding carboxylic acids is 1. The number of aryl methyl sites for hydroxylation is 1. The Morgan fingerprint density at radius 3 is 2.39 bits per heavy atom. The predicted molar refractivity (Wildman–Crippen MR) is 151 cm³/mol. The third kappa shape index (κ3) is 4.92. The average Bonchev–Trinajstić information content (AvgIpc) is 3.22. The van der Waals surface area contributed by atoms with Crippen LogP contribution in [0.5, 0.6) is 0 Å². The second-order valence-corrected chi connectivity index (χ2v) is 10.9. The first-order valence-corrected chi connectivity index (χ1v) is 13.5. The van der Waals surface area contributed by atoms with Crippen LogP contribution in [0.15, 0.2) is 88.8 Å². The van der Waals surface area contributed by atoms with Crippen LogP contribution in [0.25, 0.3) is 27.0 Å². The summed E-state index contributed by atoms with van der Waals surface area (Å²) in [5, 5.41) is 4.61. The summed E-state index contributed by atoms with van der Waals surface area (Å²) in [5.41, 5.74) is 2.93. The Morgan fingerprint density at radius 1 is 1.00 bits per heavy atom. The predicted octanol–water partition coefficient (Wildman–Crippen LogP) is 7.46. The number of benzene rings is 3. The van der Waals surface area contributed by atoms with Crippen molar-refractivity contribution in [2.24, 2.45) is 0 Å². The molecule has 5 rings (SSSR count). The molecule has 0 saturated heterocycles. The number of anilines is 1. The number of halogens is 2. The number of aromatic nitrogens is 2. The van der Waals surface area contributed by atoms with Crippen LogP contribution < -0.4 is 10.9 Å². The Balaban J connectivity index is 1.55. The van der Waals surface area contributed by atoms with E-state index in [0.29, 0.717) is 36.8 Å². The second-order valence-electron chi connectivity index (χ2n) is 7.92. The van der Waals surface area contributed by atoms with Crippen LogP contribution in [0.4, 0.5) is 5.69 Å². The van der Waals surface area contributed by atoms with E-state index in [1.165, 1.54) is 23.1 Å². The first-order chi connectivity index (χ1) is 17.4. The van der Waals surface area contributed by atoms with E-state index in [9.17, 15) is 9.59 Å². The maximum atomic E-state index is 14.0. The van der Waals surface area contributed by atoms with Crippen molar-refractivity contribution in [3.05, 3.63) is 104 Å². The zero-order chi connectivity index (χ0) is 25.2. The number of fused-ring (bicyclic) bond motifs is 1. The molecule has 5 aromatic rings. The Labute approximate surface area is 225 Å². The molecule has 2 heterocycles. The van der Waals surface area contributed by atoms with Crippen molar-refractivity contribution < 1.29 is 4.79 Å². The van der Waals surface area contributed by atoms with Gasteiger partial charge in [0.2, 0.25) is 5.91 Å². The first-order valence-electron chi connectivity index (χ1n) is 11.0. The molecule has 36 heavy (non-hydrogen) atoms. The van der Waals surface area contributed by atoms with Crippen molar-refractivity contribution in [3.63, 3.8) is 0 Å². The summed E-state index contributed by atoms with van der Waals surface area (Å²) in [6.07, 6.45) is 0. The van der Waals surface area contributed by atoms with Crippen LogP contribution >= 0.6 is 46.3 Å². The summed E-state index contributed by atoms with van der Waals surface area (Å²) in [6, 6.07) is 24.1. The lowest BCUT2D eigenvalue weighted by molar-refractivity contribution is -0.113. The number of thioether (sulfide) groups is 1. The standard InChI is InChI=1S/C27H19Cl2N3O2S2/c1-16-23(17-8-4-2-5-9-17)24-25(36-16)31-27(32(26(24)34)19-10-6-3-7-11-19)35-15-22(33)30-18-12-13-20(28)21(29)14-18/h2-14H,15H2,1H3,(H,30,33). The molecule has 5 nitrogen and oxygen atoms in total. The maximum Gasteiger partial charge on any atom is 0.268 e. The van der Waals surface area contributed by atoms with Gasteiger partial charge in [0.1, 0.15) is 4.83 Å². The largest absolute Gasteiger partial charge is 0.325 e. The highest BCUT2D eigenvalue weighted by Gasteiger charge is 2.21. The summed E-state index contributed by atoms with van der Waals surface area (Å²) in [4.78, 5) is 33.2. The van der Waals surface area contributed by atoms with Gasteiger partial charge in [-0.2, -0.15) is 0 Å². The fourth-order valence-electron chi connectivity index (χ4n) is 3.90. The van der Waals surface area contributed by atoms with Gasteiger partial charge in [0.05, 0.1) is 26.9 Å². The number of hydrogen-bond acceptors (Lipinski definition) is 5. The van der Waals surface area contributed by atoms with Gasteiger partial charge < -0.3 is 5.32 Å². The Kier molecular flexibility index (Phi) is 7.16. The highest BCUT2D eigenvalue weighted by Crippen LogP contribution is 2.37. The molecule has 1 amide bonds. The normalized spacial score (nSPS) is 11.1. The van der Waals surface area contributed by atoms with E-state index >= 15 is 0 Å². The molecule has 0 aliphatic heterocycles. The number of thiophene rings is 1. The van der Waals surface area contributed by atoms with E-state index in [1.54, 1.807) is 22.8 Å². The zero-order valence-corrected chi connectivity index (χ0v) is 22.1. The van der Waals surface area contributed by atoms with Gasteiger partial charge in [-0.1, -0.05) is 83.5 Å². The third-order valence-corrected chi connectivity index (χ3v) is 8.16.